The van der Waals surface area contributed by atoms with Crippen LogP contribution in [-0.4, -0.2) is 54.6 Å². The zero-order valence-corrected chi connectivity index (χ0v) is 13.9. The Morgan fingerprint density at radius 2 is 1.86 bits per heavy atom. The zero-order chi connectivity index (χ0) is 15.0. The lowest BCUT2D eigenvalue weighted by Crippen LogP contribution is -2.49. The molecule has 3 rings (SSSR count). The number of amides is 1. The van der Waals surface area contributed by atoms with Crippen molar-refractivity contribution >= 4 is 5.91 Å². The first-order valence-electron chi connectivity index (χ1n) is 8.74. The lowest BCUT2D eigenvalue weighted by atomic mass is 9.79. The fourth-order valence-corrected chi connectivity index (χ4v) is 4.37. The van der Waals surface area contributed by atoms with Crippen LogP contribution in [0.1, 0.15) is 52.4 Å². The van der Waals surface area contributed by atoms with Crippen molar-refractivity contribution in [2.24, 2.45) is 11.3 Å². The topological polar surface area (TPSA) is 35.6 Å². The third-order valence-electron chi connectivity index (χ3n) is 6.00. The molecule has 0 spiro atoms. The van der Waals surface area contributed by atoms with E-state index < -0.39 is 0 Å². The maximum Gasteiger partial charge on any atom is 0.240 e. The Morgan fingerprint density at radius 3 is 2.48 bits per heavy atom. The van der Waals surface area contributed by atoms with E-state index in [4.69, 9.17) is 0 Å². The van der Waals surface area contributed by atoms with Crippen molar-refractivity contribution in [3.8, 4) is 0 Å². The molecule has 0 bridgehead atoms. The van der Waals surface area contributed by atoms with E-state index in [0.717, 1.165) is 19.6 Å². The Morgan fingerprint density at radius 1 is 1.24 bits per heavy atom. The predicted octanol–water partition coefficient (Wildman–Crippen LogP) is 2.05. The van der Waals surface area contributed by atoms with E-state index in [9.17, 15) is 4.79 Å². The summed E-state index contributed by atoms with van der Waals surface area (Å²) in [6, 6.07) is 0.00506. The molecule has 1 aliphatic carbocycles. The summed E-state index contributed by atoms with van der Waals surface area (Å²) >= 11 is 0. The van der Waals surface area contributed by atoms with Gasteiger partial charge in [0, 0.05) is 6.54 Å². The van der Waals surface area contributed by atoms with Crippen LogP contribution in [0.5, 0.6) is 0 Å². The van der Waals surface area contributed by atoms with Crippen LogP contribution < -0.4 is 5.32 Å². The second kappa shape index (κ2) is 5.88. The van der Waals surface area contributed by atoms with Crippen molar-refractivity contribution in [2.75, 3.05) is 26.7 Å². The summed E-state index contributed by atoms with van der Waals surface area (Å²) < 4.78 is 0. The summed E-state index contributed by atoms with van der Waals surface area (Å²) in [6.45, 7) is 7.67. The molecule has 1 saturated carbocycles. The first-order chi connectivity index (χ1) is 9.98. The molecule has 3 aliphatic rings. The van der Waals surface area contributed by atoms with Gasteiger partial charge in [0.25, 0.3) is 0 Å². The summed E-state index contributed by atoms with van der Waals surface area (Å²) in [6.07, 6.45) is 7.95. The SMILES string of the molecule is CC1NC(C2CCCC2)N(CC2(C)CCN(C)CC2)C1=O. The number of likely N-dealkylation sites (tertiary alicyclic amines) is 1. The van der Waals surface area contributed by atoms with Gasteiger partial charge in [0.1, 0.15) is 0 Å². The lowest BCUT2D eigenvalue weighted by Gasteiger charge is -2.42. The van der Waals surface area contributed by atoms with Crippen molar-refractivity contribution in [2.45, 2.75) is 64.6 Å². The number of hydrogen-bond donors (Lipinski definition) is 1. The molecule has 0 radical (unpaired) electrons. The van der Waals surface area contributed by atoms with Gasteiger partial charge in [-0.3, -0.25) is 10.1 Å². The quantitative estimate of drug-likeness (QED) is 0.865. The van der Waals surface area contributed by atoms with Crippen LogP contribution in [0.3, 0.4) is 0 Å². The third kappa shape index (κ3) is 3.11. The molecule has 4 heteroatoms. The minimum Gasteiger partial charge on any atom is -0.325 e. The Labute approximate surface area is 129 Å². The molecule has 21 heavy (non-hydrogen) atoms. The number of carbonyl (C=O) groups excluding carboxylic acids is 1. The molecule has 0 aromatic rings. The van der Waals surface area contributed by atoms with E-state index in [1.165, 1.54) is 38.5 Å². The summed E-state index contributed by atoms with van der Waals surface area (Å²) in [5, 5.41) is 3.58. The van der Waals surface area contributed by atoms with E-state index in [2.05, 4.69) is 29.1 Å². The number of hydrogen-bond acceptors (Lipinski definition) is 3. The lowest BCUT2D eigenvalue weighted by molar-refractivity contribution is -0.132. The van der Waals surface area contributed by atoms with Crippen LogP contribution in [0.25, 0.3) is 0 Å². The van der Waals surface area contributed by atoms with Gasteiger partial charge in [-0.25, -0.2) is 0 Å². The molecule has 2 saturated heterocycles. The summed E-state index contributed by atoms with van der Waals surface area (Å²) in [4.78, 5) is 17.2. The number of carbonyl (C=O) groups is 1. The number of nitrogens with zero attached hydrogens (tertiary/aromatic N) is 2. The van der Waals surface area contributed by atoms with Gasteiger partial charge in [-0.05, 0) is 64.1 Å². The number of piperidine rings is 1. The first-order valence-corrected chi connectivity index (χ1v) is 8.74. The molecular formula is C17H31N3O. The second-order valence-electron chi connectivity index (χ2n) is 7.96. The van der Waals surface area contributed by atoms with Crippen molar-refractivity contribution in [1.29, 1.82) is 0 Å². The van der Waals surface area contributed by atoms with E-state index in [1.807, 2.05) is 6.92 Å². The van der Waals surface area contributed by atoms with Gasteiger partial charge in [0.2, 0.25) is 5.91 Å². The third-order valence-corrected chi connectivity index (χ3v) is 6.00. The highest BCUT2D eigenvalue weighted by Gasteiger charge is 2.44. The summed E-state index contributed by atoms with van der Waals surface area (Å²) in [7, 11) is 2.20. The monoisotopic (exact) mass is 293 g/mol. The fourth-order valence-electron chi connectivity index (χ4n) is 4.37. The van der Waals surface area contributed by atoms with Crippen molar-refractivity contribution in [3.05, 3.63) is 0 Å². The molecule has 1 amide bonds. The Bertz CT molecular complexity index is 383. The maximum absolute atomic E-state index is 12.6. The van der Waals surface area contributed by atoms with Crippen molar-refractivity contribution in [3.63, 3.8) is 0 Å². The van der Waals surface area contributed by atoms with Gasteiger partial charge >= 0.3 is 0 Å². The van der Waals surface area contributed by atoms with Gasteiger partial charge in [-0.15, -0.1) is 0 Å². The van der Waals surface area contributed by atoms with Crippen LogP contribution in [0, 0.1) is 11.3 Å². The van der Waals surface area contributed by atoms with E-state index in [-0.39, 0.29) is 6.04 Å². The molecule has 2 atom stereocenters. The normalized spacial score (nSPS) is 34.8. The van der Waals surface area contributed by atoms with Crippen LogP contribution in [0.2, 0.25) is 0 Å². The van der Waals surface area contributed by atoms with E-state index >= 15 is 0 Å². The van der Waals surface area contributed by atoms with Crippen LogP contribution >= 0.6 is 0 Å². The number of nitrogens with one attached hydrogen (secondary N) is 1. The minimum absolute atomic E-state index is 0.00506. The molecule has 2 heterocycles. The van der Waals surface area contributed by atoms with Gasteiger partial charge in [-0.1, -0.05) is 19.8 Å². The highest BCUT2D eigenvalue weighted by molar-refractivity contribution is 5.84. The predicted molar refractivity (Wildman–Crippen MR) is 84.9 cm³/mol. The molecule has 0 aromatic heterocycles. The average molecular weight is 293 g/mol. The minimum atomic E-state index is 0.00506. The Hall–Kier alpha value is -0.610. The average Bonchev–Trinajstić information content (AvgIpc) is 3.07. The molecule has 120 valence electrons. The Balaban J connectivity index is 1.70. The van der Waals surface area contributed by atoms with Crippen LogP contribution in [-0.2, 0) is 4.79 Å². The van der Waals surface area contributed by atoms with E-state index in [1.54, 1.807) is 0 Å². The fraction of sp³-hybridized carbons (Fsp3) is 0.941. The van der Waals surface area contributed by atoms with E-state index in [0.29, 0.717) is 23.4 Å². The molecule has 4 nitrogen and oxygen atoms in total. The van der Waals surface area contributed by atoms with Gasteiger partial charge in [0.05, 0.1) is 12.2 Å². The molecule has 3 fully saturated rings. The Kier molecular flexibility index (Phi) is 4.28. The first kappa shape index (κ1) is 15.3. The molecule has 1 N–H and O–H groups in total. The largest absolute Gasteiger partial charge is 0.325 e. The van der Waals surface area contributed by atoms with Crippen LogP contribution in [0.15, 0.2) is 0 Å². The molecule has 2 unspecified atom stereocenters. The van der Waals surface area contributed by atoms with Gasteiger partial charge < -0.3 is 9.80 Å². The van der Waals surface area contributed by atoms with Crippen LogP contribution in [0.4, 0.5) is 0 Å². The smallest absolute Gasteiger partial charge is 0.240 e. The van der Waals surface area contributed by atoms with Crippen molar-refractivity contribution < 1.29 is 4.79 Å². The highest BCUT2D eigenvalue weighted by Crippen LogP contribution is 2.37. The van der Waals surface area contributed by atoms with Crippen molar-refractivity contribution in [1.82, 2.24) is 15.1 Å². The standard InChI is InChI=1S/C17H31N3O/c1-13-16(21)20(15(18-13)14-6-4-5-7-14)12-17(2)8-10-19(3)11-9-17/h13-15,18H,4-12H2,1-3H3. The maximum atomic E-state index is 12.6. The zero-order valence-electron chi connectivity index (χ0n) is 13.9. The highest BCUT2D eigenvalue weighted by atomic mass is 16.2. The second-order valence-corrected chi connectivity index (χ2v) is 7.96. The summed E-state index contributed by atoms with van der Waals surface area (Å²) in [5.74, 6) is 1.00. The number of rotatable bonds is 3. The molecular weight excluding hydrogens is 262 g/mol. The van der Waals surface area contributed by atoms with Gasteiger partial charge in [-0.2, -0.15) is 0 Å². The molecule has 2 aliphatic heterocycles. The summed E-state index contributed by atoms with van der Waals surface area (Å²) in [5.41, 5.74) is 0.296. The van der Waals surface area contributed by atoms with Gasteiger partial charge in [0.15, 0.2) is 0 Å². The molecule has 0 aromatic carbocycles.